The van der Waals surface area contributed by atoms with Crippen LogP contribution in [0.5, 0.6) is 0 Å². The summed E-state index contributed by atoms with van der Waals surface area (Å²) >= 11 is 0. The number of hydrogen-bond acceptors (Lipinski definition) is 4. The molecule has 0 saturated heterocycles. The summed E-state index contributed by atoms with van der Waals surface area (Å²) < 4.78 is 0. The minimum Gasteiger partial charge on any atom is -0.308 e. The number of hydrogen-bond donors (Lipinski definition) is 3. The number of anilines is 2. The van der Waals surface area contributed by atoms with E-state index in [0.29, 0.717) is 11.5 Å². The van der Waals surface area contributed by atoms with Crippen LogP contribution in [0, 0.1) is 6.92 Å². The van der Waals surface area contributed by atoms with Crippen LogP contribution < -0.4 is 10.6 Å². The van der Waals surface area contributed by atoms with Gasteiger partial charge in [0.2, 0.25) is 0 Å². The molecule has 0 aliphatic heterocycles. The van der Waals surface area contributed by atoms with Crippen molar-refractivity contribution in [3.63, 3.8) is 0 Å². The van der Waals surface area contributed by atoms with Crippen LogP contribution in [-0.2, 0) is 0 Å². The Morgan fingerprint density at radius 3 is 2.69 bits per heavy atom. The Kier molecular flexibility index (Phi) is 4.03. The molecular weight excluding hydrogens is 328 g/mol. The summed E-state index contributed by atoms with van der Waals surface area (Å²) in [6.07, 6.45) is 3.45. The summed E-state index contributed by atoms with van der Waals surface area (Å²) in [5, 5.41) is 13.7. The van der Waals surface area contributed by atoms with Gasteiger partial charge >= 0.3 is 6.03 Å². The molecule has 0 atom stereocenters. The summed E-state index contributed by atoms with van der Waals surface area (Å²) in [6.45, 7) is 1.93. The largest absolute Gasteiger partial charge is 0.324 e. The minimum absolute atomic E-state index is 0.354. The van der Waals surface area contributed by atoms with Gasteiger partial charge in [-0.3, -0.25) is 15.4 Å². The van der Waals surface area contributed by atoms with E-state index in [0.717, 1.165) is 27.9 Å². The summed E-state index contributed by atoms with van der Waals surface area (Å²) in [4.78, 5) is 20.6. The molecule has 3 heterocycles. The SMILES string of the molecule is Cc1cc(-c2n[nH]c3cc(NC(=O)Nc4ccccc4)ncc23)ccn1. The lowest BCUT2D eigenvalue weighted by Gasteiger charge is -2.07. The van der Waals surface area contributed by atoms with Crippen LogP contribution in [0.1, 0.15) is 5.69 Å². The average molecular weight is 344 g/mol. The molecule has 2 amide bonds. The first kappa shape index (κ1) is 15.8. The summed E-state index contributed by atoms with van der Waals surface area (Å²) in [6, 6.07) is 14.5. The molecule has 26 heavy (non-hydrogen) atoms. The molecule has 4 aromatic rings. The quantitative estimate of drug-likeness (QED) is 0.524. The van der Waals surface area contributed by atoms with Gasteiger partial charge in [-0.15, -0.1) is 0 Å². The number of nitrogens with one attached hydrogen (secondary N) is 3. The fraction of sp³-hybridized carbons (Fsp3) is 0.0526. The number of amides is 2. The number of urea groups is 1. The molecule has 4 rings (SSSR count). The van der Waals surface area contributed by atoms with Gasteiger partial charge in [0.05, 0.1) is 5.52 Å². The summed E-state index contributed by atoms with van der Waals surface area (Å²) in [5.41, 5.74) is 4.19. The number of carbonyl (C=O) groups is 1. The van der Waals surface area contributed by atoms with Gasteiger partial charge in [-0.1, -0.05) is 18.2 Å². The lowest BCUT2D eigenvalue weighted by atomic mass is 10.1. The standard InChI is InChI=1S/C19H16N6O/c1-12-9-13(7-8-20-12)18-15-11-21-17(10-16(15)24-25-18)23-19(26)22-14-5-3-2-4-6-14/h2-11H,1H3,(H,24,25)(H2,21,22,23,26). The van der Waals surface area contributed by atoms with Crippen molar-refractivity contribution < 1.29 is 4.79 Å². The Bertz CT molecular complexity index is 1070. The highest BCUT2D eigenvalue weighted by Gasteiger charge is 2.11. The van der Waals surface area contributed by atoms with Crippen LogP contribution in [0.15, 0.2) is 60.9 Å². The first-order valence-electron chi connectivity index (χ1n) is 8.09. The normalized spacial score (nSPS) is 10.7. The van der Waals surface area contributed by atoms with Gasteiger partial charge in [0.25, 0.3) is 0 Å². The molecule has 0 radical (unpaired) electrons. The number of H-pyrrole nitrogens is 1. The Hall–Kier alpha value is -3.74. The monoisotopic (exact) mass is 344 g/mol. The number of aryl methyl sites for hydroxylation is 1. The van der Waals surface area contributed by atoms with Gasteiger partial charge in [0.15, 0.2) is 0 Å². The molecule has 0 aliphatic rings. The third-order valence-electron chi connectivity index (χ3n) is 3.89. The summed E-state index contributed by atoms with van der Waals surface area (Å²) in [5.74, 6) is 0.437. The van der Waals surface area contributed by atoms with Crippen LogP contribution >= 0.6 is 0 Å². The molecular formula is C19H16N6O. The molecule has 0 unspecified atom stereocenters. The zero-order valence-electron chi connectivity index (χ0n) is 14.0. The molecule has 0 fully saturated rings. The Morgan fingerprint density at radius 1 is 1.04 bits per heavy atom. The smallest absolute Gasteiger partial charge is 0.308 e. The second-order valence-electron chi connectivity index (χ2n) is 5.82. The Labute approximate surface area is 149 Å². The third-order valence-corrected chi connectivity index (χ3v) is 3.89. The number of pyridine rings is 2. The molecule has 3 aromatic heterocycles. The van der Waals surface area contributed by atoms with Crippen molar-refractivity contribution >= 4 is 28.4 Å². The van der Waals surface area contributed by atoms with Crippen LogP contribution in [0.2, 0.25) is 0 Å². The number of nitrogens with zero attached hydrogens (tertiary/aromatic N) is 3. The van der Waals surface area contributed by atoms with Crippen LogP contribution in [0.25, 0.3) is 22.2 Å². The number of carbonyl (C=O) groups excluding carboxylic acids is 1. The van der Waals surface area contributed by atoms with E-state index < -0.39 is 0 Å². The topological polar surface area (TPSA) is 95.6 Å². The predicted octanol–water partition coefficient (Wildman–Crippen LogP) is 3.97. The molecule has 0 aliphatic carbocycles. The molecule has 0 spiro atoms. The van der Waals surface area contributed by atoms with E-state index in [9.17, 15) is 4.79 Å². The molecule has 0 saturated carbocycles. The second-order valence-corrected chi connectivity index (χ2v) is 5.82. The Balaban J connectivity index is 1.56. The molecule has 7 nitrogen and oxygen atoms in total. The second kappa shape index (κ2) is 6.64. The van der Waals surface area contributed by atoms with E-state index in [-0.39, 0.29) is 6.03 Å². The highest BCUT2D eigenvalue weighted by atomic mass is 16.2. The number of rotatable bonds is 3. The van der Waals surface area contributed by atoms with Crippen molar-refractivity contribution in [2.75, 3.05) is 10.6 Å². The van der Waals surface area contributed by atoms with Crippen molar-refractivity contribution in [1.82, 2.24) is 20.2 Å². The van der Waals surface area contributed by atoms with Crippen LogP contribution in [-0.4, -0.2) is 26.2 Å². The lowest BCUT2D eigenvalue weighted by molar-refractivity contribution is 0.262. The van der Waals surface area contributed by atoms with Crippen molar-refractivity contribution in [2.45, 2.75) is 6.92 Å². The van der Waals surface area contributed by atoms with Crippen LogP contribution in [0.3, 0.4) is 0 Å². The van der Waals surface area contributed by atoms with E-state index >= 15 is 0 Å². The van der Waals surface area contributed by atoms with Gasteiger partial charge in [-0.05, 0) is 31.2 Å². The maximum Gasteiger partial charge on any atom is 0.324 e. The highest BCUT2D eigenvalue weighted by Crippen LogP contribution is 2.27. The number of benzene rings is 1. The molecule has 128 valence electrons. The van der Waals surface area contributed by atoms with Gasteiger partial charge in [0.1, 0.15) is 11.5 Å². The van der Waals surface area contributed by atoms with Gasteiger partial charge in [0, 0.05) is 40.8 Å². The predicted molar refractivity (Wildman–Crippen MR) is 101 cm³/mol. The lowest BCUT2D eigenvalue weighted by Crippen LogP contribution is -2.19. The molecule has 1 aromatic carbocycles. The van der Waals surface area contributed by atoms with Gasteiger partial charge in [-0.25, -0.2) is 9.78 Å². The van der Waals surface area contributed by atoms with Crippen molar-refractivity contribution in [3.8, 4) is 11.3 Å². The fourth-order valence-corrected chi connectivity index (χ4v) is 2.69. The maximum absolute atomic E-state index is 12.1. The van der Waals surface area contributed by atoms with E-state index in [4.69, 9.17) is 0 Å². The van der Waals surface area contributed by atoms with Crippen molar-refractivity contribution in [1.29, 1.82) is 0 Å². The first-order valence-corrected chi connectivity index (χ1v) is 8.09. The Morgan fingerprint density at radius 2 is 1.88 bits per heavy atom. The number of aromatic nitrogens is 4. The number of para-hydroxylation sites is 1. The maximum atomic E-state index is 12.1. The average Bonchev–Trinajstić information content (AvgIpc) is 3.05. The summed E-state index contributed by atoms with van der Waals surface area (Å²) in [7, 11) is 0. The van der Waals surface area contributed by atoms with Crippen molar-refractivity contribution in [2.24, 2.45) is 0 Å². The van der Waals surface area contributed by atoms with Gasteiger partial charge in [-0.2, -0.15) is 5.10 Å². The fourth-order valence-electron chi connectivity index (χ4n) is 2.69. The van der Waals surface area contributed by atoms with E-state index in [2.05, 4.69) is 30.8 Å². The molecule has 7 heteroatoms. The zero-order valence-corrected chi connectivity index (χ0v) is 14.0. The third kappa shape index (κ3) is 3.23. The first-order chi connectivity index (χ1) is 12.7. The number of aromatic amines is 1. The van der Waals surface area contributed by atoms with E-state index in [1.807, 2.05) is 49.4 Å². The van der Waals surface area contributed by atoms with E-state index in [1.54, 1.807) is 18.5 Å². The zero-order chi connectivity index (χ0) is 17.9. The highest BCUT2D eigenvalue weighted by molar-refractivity contribution is 6.01. The van der Waals surface area contributed by atoms with E-state index in [1.165, 1.54) is 0 Å². The molecule has 3 N–H and O–H groups in total. The molecule has 0 bridgehead atoms. The van der Waals surface area contributed by atoms with Crippen molar-refractivity contribution in [3.05, 3.63) is 66.6 Å². The van der Waals surface area contributed by atoms with Crippen LogP contribution in [0.4, 0.5) is 16.3 Å². The number of fused-ring (bicyclic) bond motifs is 1. The minimum atomic E-state index is -0.354. The van der Waals surface area contributed by atoms with Gasteiger partial charge < -0.3 is 5.32 Å².